The van der Waals surface area contributed by atoms with Crippen LogP contribution in [-0.2, 0) is 6.54 Å². The number of fused-ring (bicyclic) bond motifs is 7. The first-order valence-electron chi connectivity index (χ1n) is 12.4. The van der Waals surface area contributed by atoms with E-state index in [4.69, 9.17) is 10.5 Å². The van der Waals surface area contributed by atoms with Gasteiger partial charge >= 0.3 is 0 Å². The lowest BCUT2D eigenvalue weighted by molar-refractivity contribution is 0.100. The Labute approximate surface area is 207 Å². The Kier molecular flexibility index (Phi) is 6.38. The second kappa shape index (κ2) is 9.31. The van der Waals surface area contributed by atoms with E-state index >= 15 is 0 Å². The summed E-state index contributed by atoms with van der Waals surface area (Å²) in [5.41, 5.74) is 13.1. The van der Waals surface area contributed by atoms with Gasteiger partial charge in [0.25, 0.3) is 0 Å². The molecule has 3 aliphatic rings. The van der Waals surface area contributed by atoms with Gasteiger partial charge in [-0.1, -0.05) is 38.1 Å². The summed E-state index contributed by atoms with van der Waals surface area (Å²) in [4.78, 5) is 11.9. The van der Waals surface area contributed by atoms with Crippen molar-refractivity contribution in [2.45, 2.75) is 56.9 Å². The van der Waals surface area contributed by atoms with Crippen LogP contribution in [0, 0.1) is 5.92 Å². The molecular formula is C28H35N3O2S. The van der Waals surface area contributed by atoms with Crippen LogP contribution in [0.2, 0.25) is 0 Å². The Morgan fingerprint density at radius 3 is 2.53 bits per heavy atom. The predicted molar refractivity (Wildman–Crippen MR) is 142 cm³/mol. The second-order valence-electron chi connectivity index (χ2n) is 10.2. The summed E-state index contributed by atoms with van der Waals surface area (Å²) in [5.74, 6) is 2.45. The van der Waals surface area contributed by atoms with Crippen molar-refractivity contribution in [3.8, 4) is 17.0 Å². The largest absolute Gasteiger partial charge is 0.497 e. The van der Waals surface area contributed by atoms with E-state index in [-0.39, 0.29) is 5.91 Å². The number of rotatable bonds is 3. The standard InChI is InChI=1S/C26H28N2O2.C2H7NS/c1-30-18-8-10-19-22(13-18)21-11-17(21)14-28-23-12-16(26(27)29)7-9-20(23)24(25(19)28)15-5-3-2-4-6-15;1-3(2)4/h7-10,12-13,15,17,21H,2-6,11,14H2,1H3,(H2,27,29);4H,1-2H3. The van der Waals surface area contributed by atoms with E-state index in [1.54, 1.807) is 11.4 Å². The molecule has 2 atom stereocenters. The molecule has 0 radical (unpaired) electrons. The molecule has 34 heavy (non-hydrogen) atoms. The molecule has 6 rings (SSSR count). The zero-order valence-corrected chi connectivity index (χ0v) is 21.3. The van der Waals surface area contributed by atoms with Crippen molar-refractivity contribution >= 4 is 29.6 Å². The third-order valence-electron chi connectivity index (χ3n) is 7.65. The lowest BCUT2D eigenvalue weighted by atomic mass is 9.81. The molecular weight excluding hydrogens is 442 g/mol. The highest BCUT2D eigenvalue weighted by Crippen LogP contribution is 2.57. The van der Waals surface area contributed by atoms with Gasteiger partial charge < -0.3 is 15.0 Å². The van der Waals surface area contributed by atoms with Crippen LogP contribution in [0.3, 0.4) is 0 Å². The van der Waals surface area contributed by atoms with Crippen molar-refractivity contribution in [1.82, 2.24) is 8.87 Å². The van der Waals surface area contributed by atoms with E-state index in [0.29, 0.717) is 23.3 Å². The third-order valence-corrected chi connectivity index (χ3v) is 7.65. The van der Waals surface area contributed by atoms with Crippen molar-refractivity contribution < 1.29 is 9.53 Å². The van der Waals surface area contributed by atoms with Gasteiger partial charge in [-0.15, -0.1) is 0 Å². The summed E-state index contributed by atoms with van der Waals surface area (Å²) >= 11 is 3.80. The number of hydrogen-bond acceptors (Lipinski definition) is 4. The number of ether oxygens (including phenoxy) is 1. The predicted octanol–water partition coefficient (Wildman–Crippen LogP) is 5.97. The number of primary amides is 1. The number of thiol groups is 1. The van der Waals surface area contributed by atoms with E-state index < -0.39 is 0 Å². The first kappa shape index (κ1) is 23.3. The van der Waals surface area contributed by atoms with E-state index in [1.165, 1.54) is 71.8 Å². The van der Waals surface area contributed by atoms with Crippen LogP contribution in [0.1, 0.15) is 71.8 Å². The molecule has 180 valence electrons. The molecule has 1 aliphatic heterocycles. The summed E-state index contributed by atoms with van der Waals surface area (Å²) < 4.78 is 9.77. The van der Waals surface area contributed by atoms with Gasteiger partial charge in [0.2, 0.25) is 5.91 Å². The summed E-state index contributed by atoms with van der Waals surface area (Å²) in [6, 6.07) is 12.7. The topological polar surface area (TPSA) is 60.5 Å². The Morgan fingerprint density at radius 2 is 1.85 bits per heavy atom. The molecule has 5 nitrogen and oxygen atoms in total. The van der Waals surface area contributed by atoms with Crippen LogP contribution in [-0.4, -0.2) is 36.0 Å². The third kappa shape index (κ3) is 4.22. The Morgan fingerprint density at radius 1 is 1.12 bits per heavy atom. The number of hydrogen-bond donors (Lipinski definition) is 2. The van der Waals surface area contributed by atoms with Crippen LogP contribution < -0.4 is 10.5 Å². The summed E-state index contributed by atoms with van der Waals surface area (Å²) in [6.07, 6.45) is 7.68. The molecule has 1 amide bonds. The average molecular weight is 478 g/mol. The molecule has 1 aromatic heterocycles. The zero-order valence-electron chi connectivity index (χ0n) is 20.4. The number of carbonyl (C=O) groups excluding carboxylic acids is 1. The maximum absolute atomic E-state index is 11.9. The van der Waals surface area contributed by atoms with E-state index in [0.717, 1.165) is 12.3 Å². The fourth-order valence-corrected chi connectivity index (χ4v) is 6.07. The van der Waals surface area contributed by atoms with Crippen LogP contribution in [0.4, 0.5) is 0 Å². The monoisotopic (exact) mass is 477 g/mol. The van der Waals surface area contributed by atoms with Gasteiger partial charge in [0.05, 0.1) is 12.8 Å². The number of nitrogens with zero attached hydrogens (tertiary/aromatic N) is 2. The summed E-state index contributed by atoms with van der Waals surface area (Å²) in [6.45, 7) is 1.02. The molecule has 2 N–H and O–H groups in total. The number of aromatic nitrogens is 1. The van der Waals surface area contributed by atoms with Crippen molar-refractivity contribution in [2.75, 3.05) is 21.2 Å². The van der Waals surface area contributed by atoms with Gasteiger partial charge in [-0.2, -0.15) is 0 Å². The number of methoxy groups -OCH3 is 1. The van der Waals surface area contributed by atoms with Crippen molar-refractivity contribution in [3.05, 3.63) is 53.1 Å². The van der Waals surface area contributed by atoms with Crippen molar-refractivity contribution in [2.24, 2.45) is 11.7 Å². The van der Waals surface area contributed by atoms with Crippen LogP contribution in [0.15, 0.2) is 36.4 Å². The van der Waals surface area contributed by atoms with Crippen LogP contribution in [0.5, 0.6) is 5.75 Å². The second-order valence-corrected chi connectivity index (χ2v) is 11.0. The maximum atomic E-state index is 11.9. The van der Waals surface area contributed by atoms with E-state index in [1.807, 2.05) is 26.2 Å². The van der Waals surface area contributed by atoms with Crippen molar-refractivity contribution in [3.63, 3.8) is 0 Å². The lowest BCUT2D eigenvalue weighted by Crippen LogP contribution is -2.11. The molecule has 2 saturated carbocycles. The first-order chi connectivity index (χ1) is 16.4. The van der Waals surface area contributed by atoms with Crippen LogP contribution >= 0.6 is 12.8 Å². The number of amides is 1. The minimum absolute atomic E-state index is 0.352. The molecule has 2 aromatic carbocycles. The fourth-order valence-electron chi connectivity index (χ4n) is 6.07. The Bertz CT molecular complexity index is 1220. The van der Waals surface area contributed by atoms with Gasteiger partial charge in [0.15, 0.2) is 0 Å². The van der Waals surface area contributed by atoms with Gasteiger partial charge in [0, 0.05) is 28.6 Å². The normalized spacial score (nSPS) is 21.1. The van der Waals surface area contributed by atoms with Gasteiger partial charge in [-0.05, 0) is 92.6 Å². The lowest BCUT2D eigenvalue weighted by Gasteiger charge is -2.24. The SMILES string of the molecule is CN(C)S.COc1ccc2c(c1)C1CC1Cn1c-2c(C2CCCCC2)c2ccc(C(N)=O)cc21. The van der Waals surface area contributed by atoms with Gasteiger partial charge in [-0.25, -0.2) is 0 Å². The molecule has 3 aromatic rings. The zero-order chi connectivity index (χ0) is 24.0. The Balaban J connectivity index is 0.000000560. The highest BCUT2D eigenvalue weighted by molar-refractivity contribution is 7.77. The minimum atomic E-state index is -0.352. The summed E-state index contributed by atoms with van der Waals surface area (Å²) in [5, 5.41) is 1.31. The first-order valence-corrected chi connectivity index (χ1v) is 12.8. The summed E-state index contributed by atoms with van der Waals surface area (Å²) in [7, 11) is 5.48. The number of carbonyl (C=O) groups is 1. The smallest absolute Gasteiger partial charge is 0.248 e. The minimum Gasteiger partial charge on any atom is -0.497 e. The molecule has 0 bridgehead atoms. The quantitative estimate of drug-likeness (QED) is 0.457. The maximum Gasteiger partial charge on any atom is 0.248 e. The van der Waals surface area contributed by atoms with E-state index in [9.17, 15) is 4.79 Å². The number of nitrogens with two attached hydrogens (primary N) is 1. The highest BCUT2D eigenvalue weighted by atomic mass is 32.1. The molecule has 0 saturated heterocycles. The van der Waals surface area contributed by atoms with Crippen molar-refractivity contribution in [1.29, 1.82) is 0 Å². The molecule has 0 spiro atoms. The molecule has 2 heterocycles. The average Bonchev–Trinajstić information content (AvgIpc) is 3.54. The molecule has 2 fully saturated rings. The highest BCUT2D eigenvalue weighted by Gasteiger charge is 2.44. The number of benzene rings is 2. The van der Waals surface area contributed by atoms with Gasteiger partial charge in [-0.3, -0.25) is 9.10 Å². The van der Waals surface area contributed by atoms with Gasteiger partial charge in [0.1, 0.15) is 5.75 Å². The van der Waals surface area contributed by atoms with Crippen LogP contribution in [0.25, 0.3) is 22.2 Å². The Hall–Kier alpha value is -2.44. The molecule has 2 aliphatic carbocycles. The fraction of sp³-hybridized carbons (Fsp3) is 0.464. The molecule has 2 unspecified atom stereocenters. The van der Waals surface area contributed by atoms with E-state index in [2.05, 4.69) is 41.6 Å². The molecule has 6 heteroatoms.